The SMILES string of the molecule is CCCC(COC)NCc1ccc(Br)c(C)c1. The van der Waals surface area contributed by atoms with Crippen molar-refractivity contribution in [1.29, 1.82) is 0 Å². The molecular weight excluding hydrogens is 278 g/mol. The van der Waals surface area contributed by atoms with Crippen molar-refractivity contribution < 1.29 is 4.74 Å². The van der Waals surface area contributed by atoms with E-state index in [2.05, 4.69) is 53.3 Å². The third kappa shape index (κ3) is 5.19. The minimum atomic E-state index is 0.453. The van der Waals surface area contributed by atoms with E-state index in [4.69, 9.17) is 4.74 Å². The van der Waals surface area contributed by atoms with Crippen LogP contribution in [0.1, 0.15) is 30.9 Å². The minimum Gasteiger partial charge on any atom is -0.383 e. The summed E-state index contributed by atoms with van der Waals surface area (Å²) in [6.45, 7) is 6.01. The highest BCUT2D eigenvalue weighted by Crippen LogP contribution is 2.17. The lowest BCUT2D eigenvalue weighted by molar-refractivity contribution is 0.161. The first-order valence-corrected chi connectivity index (χ1v) is 6.94. The molecule has 0 radical (unpaired) electrons. The third-order valence-electron chi connectivity index (χ3n) is 2.82. The zero-order valence-electron chi connectivity index (χ0n) is 10.9. The summed E-state index contributed by atoms with van der Waals surface area (Å²) in [5.41, 5.74) is 2.60. The molecule has 0 amide bonds. The predicted molar refractivity (Wildman–Crippen MR) is 76.3 cm³/mol. The molecule has 1 aromatic rings. The Morgan fingerprint density at radius 2 is 2.18 bits per heavy atom. The minimum absolute atomic E-state index is 0.453. The number of hydrogen-bond donors (Lipinski definition) is 1. The molecule has 0 spiro atoms. The topological polar surface area (TPSA) is 21.3 Å². The molecule has 1 aromatic carbocycles. The van der Waals surface area contributed by atoms with Gasteiger partial charge in [-0.05, 0) is 30.5 Å². The molecular formula is C14H22BrNO. The van der Waals surface area contributed by atoms with Gasteiger partial charge in [-0.1, -0.05) is 41.4 Å². The van der Waals surface area contributed by atoms with Gasteiger partial charge in [0.25, 0.3) is 0 Å². The van der Waals surface area contributed by atoms with E-state index in [-0.39, 0.29) is 0 Å². The number of ether oxygens (including phenoxy) is 1. The van der Waals surface area contributed by atoms with Crippen molar-refractivity contribution in [2.45, 2.75) is 39.3 Å². The highest BCUT2D eigenvalue weighted by atomic mass is 79.9. The molecule has 1 N–H and O–H groups in total. The van der Waals surface area contributed by atoms with Crippen molar-refractivity contribution in [3.8, 4) is 0 Å². The lowest BCUT2D eigenvalue weighted by Crippen LogP contribution is -2.32. The predicted octanol–water partition coefficient (Wildman–Crippen LogP) is 3.66. The lowest BCUT2D eigenvalue weighted by atomic mass is 10.1. The fourth-order valence-electron chi connectivity index (χ4n) is 1.87. The second-order valence-corrected chi connectivity index (χ2v) is 5.26. The number of methoxy groups -OCH3 is 1. The van der Waals surface area contributed by atoms with Crippen LogP contribution in [0.3, 0.4) is 0 Å². The molecule has 0 fully saturated rings. The van der Waals surface area contributed by atoms with Gasteiger partial charge in [0, 0.05) is 24.2 Å². The number of aryl methyl sites for hydroxylation is 1. The van der Waals surface area contributed by atoms with Gasteiger partial charge in [-0.3, -0.25) is 0 Å². The molecule has 0 saturated heterocycles. The molecule has 2 nitrogen and oxygen atoms in total. The summed E-state index contributed by atoms with van der Waals surface area (Å²) >= 11 is 3.52. The van der Waals surface area contributed by atoms with Crippen LogP contribution in [0.15, 0.2) is 22.7 Å². The van der Waals surface area contributed by atoms with E-state index in [0.29, 0.717) is 6.04 Å². The molecule has 3 heteroatoms. The summed E-state index contributed by atoms with van der Waals surface area (Å²) in [5, 5.41) is 3.54. The molecule has 0 bridgehead atoms. The van der Waals surface area contributed by atoms with E-state index in [9.17, 15) is 0 Å². The van der Waals surface area contributed by atoms with E-state index in [1.165, 1.54) is 22.0 Å². The van der Waals surface area contributed by atoms with Crippen molar-refractivity contribution in [2.75, 3.05) is 13.7 Å². The normalized spacial score (nSPS) is 12.7. The molecule has 1 rings (SSSR count). The van der Waals surface area contributed by atoms with Gasteiger partial charge in [-0.15, -0.1) is 0 Å². The van der Waals surface area contributed by atoms with E-state index in [1.807, 2.05) is 0 Å². The van der Waals surface area contributed by atoms with Gasteiger partial charge in [0.05, 0.1) is 6.61 Å². The Morgan fingerprint density at radius 1 is 1.41 bits per heavy atom. The average molecular weight is 300 g/mol. The average Bonchev–Trinajstić information content (AvgIpc) is 2.31. The van der Waals surface area contributed by atoms with Crippen LogP contribution in [-0.2, 0) is 11.3 Å². The molecule has 0 aromatic heterocycles. The van der Waals surface area contributed by atoms with Crippen molar-refractivity contribution in [1.82, 2.24) is 5.32 Å². The fraction of sp³-hybridized carbons (Fsp3) is 0.571. The second kappa shape index (κ2) is 7.85. The van der Waals surface area contributed by atoms with Gasteiger partial charge in [-0.25, -0.2) is 0 Å². The number of nitrogens with one attached hydrogen (secondary N) is 1. The standard InChI is InChI=1S/C14H22BrNO/c1-4-5-13(10-17-3)16-9-12-6-7-14(15)11(2)8-12/h6-8,13,16H,4-5,9-10H2,1-3H3. The van der Waals surface area contributed by atoms with Crippen LogP contribution >= 0.6 is 15.9 Å². The summed E-state index contributed by atoms with van der Waals surface area (Å²) in [6, 6.07) is 6.93. The van der Waals surface area contributed by atoms with Crippen molar-refractivity contribution in [2.24, 2.45) is 0 Å². The number of rotatable bonds is 7. The Bertz CT molecular complexity index is 335. The zero-order chi connectivity index (χ0) is 12.7. The van der Waals surface area contributed by atoms with Crippen LogP contribution in [0.25, 0.3) is 0 Å². The monoisotopic (exact) mass is 299 g/mol. The molecule has 0 heterocycles. The molecule has 0 saturated carbocycles. The molecule has 96 valence electrons. The van der Waals surface area contributed by atoms with E-state index < -0.39 is 0 Å². The first-order valence-electron chi connectivity index (χ1n) is 6.14. The highest BCUT2D eigenvalue weighted by molar-refractivity contribution is 9.10. The summed E-state index contributed by atoms with van der Waals surface area (Å²) in [6.07, 6.45) is 2.34. The summed E-state index contributed by atoms with van der Waals surface area (Å²) in [7, 11) is 1.76. The quantitative estimate of drug-likeness (QED) is 0.829. The Kier molecular flexibility index (Phi) is 6.78. The maximum Gasteiger partial charge on any atom is 0.0615 e. The van der Waals surface area contributed by atoms with Crippen LogP contribution in [0.2, 0.25) is 0 Å². The molecule has 0 aliphatic rings. The van der Waals surface area contributed by atoms with Crippen molar-refractivity contribution >= 4 is 15.9 Å². The van der Waals surface area contributed by atoms with Gasteiger partial charge in [0.15, 0.2) is 0 Å². The third-order valence-corrected chi connectivity index (χ3v) is 3.71. The van der Waals surface area contributed by atoms with Crippen molar-refractivity contribution in [3.05, 3.63) is 33.8 Å². The van der Waals surface area contributed by atoms with E-state index >= 15 is 0 Å². The summed E-state index contributed by atoms with van der Waals surface area (Å²) < 4.78 is 6.39. The van der Waals surface area contributed by atoms with Gasteiger partial charge in [0.2, 0.25) is 0 Å². The maximum atomic E-state index is 5.22. The lowest BCUT2D eigenvalue weighted by Gasteiger charge is -2.17. The Balaban J connectivity index is 2.49. The molecule has 1 unspecified atom stereocenters. The van der Waals surface area contributed by atoms with Crippen molar-refractivity contribution in [3.63, 3.8) is 0 Å². The Morgan fingerprint density at radius 3 is 2.76 bits per heavy atom. The van der Waals surface area contributed by atoms with Crippen LogP contribution < -0.4 is 5.32 Å². The van der Waals surface area contributed by atoms with Crippen LogP contribution in [0.4, 0.5) is 0 Å². The fourth-order valence-corrected chi connectivity index (χ4v) is 2.12. The first-order chi connectivity index (χ1) is 8.17. The Labute approximate surface area is 113 Å². The van der Waals surface area contributed by atoms with E-state index in [1.54, 1.807) is 7.11 Å². The number of halogens is 1. The van der Waals surface area contributed by atoms with Crippen LogP contribution in [0, 0.1) is 6.92 Å². The number of benzene rings is 1. The van der Waals surface area contributed by atoms with Crippen LogP contribution in [0.5, 0.6) is 0 Å². The van der Waals surface area contributed by atoms with Gasteiger partial charge in [0.1, 0.15) is 0 Å². The molecule has 1 atom stereocenters. The van der Waals surface area contributed by atoms with Gasteiger partial charge in [-0.2, -0.15) is 0 Å². The summed E-state index contributed by atoms with van der Waals surface area (Å²) in [4.78, 5) is 0. The Hall–Kier alpha value is -0.380. The molecule has 0 aliphatic carbocycles. The van der Waals surface area contributed by atoms with Crippen LogP contribution in [-0.4, -0.2) is 19.8 Å². The van der Waals surface area contributed by atoms with E-state index in [0.717, 1.165) is 19.6 Å². The maximum absolute atomic E-state index is 5.22. The smallest absolute Gasteiger partial charge is 0.0615 e. The first kappa shape index (κ1) is 14.7. The zero-order valence-corrected chi connectivity index (χ0v) is 12.5. The largest absolute Gasteiger partial charge is 0.383 e. The van der Waals surface area contributed by atoms with Gasteiger partial charge < -0.3 is 10.1 Å². The summed E-state index contributed by atoms with van der Waals surface area (Å²) in [5.74, 6) is 0. The number of hydrogen-bond acceptors (Lipinski definition) is 2. The second-order valence-electron chi connectivity index (χ2n) is 4.41. The molecule has 0 aliphatic heterocycles. The van der Waals surface area contributed by atoms with Gasteiger partial charge >= 0.3 is 0 Å². The highest BCUT2D eigenvalue weighted by Gasteiger charge is 2.06. The molecule has 17 heavy (non-hydrogen) atoms.